The minimum Gasteiger partial charge on any atom is -0.342 e. The molecule has 3 nitrogen and oxygen atoms in total. The van der Waals surface area contributed by atoms with Gasteiger partial charge in [-0.15, -0.1) is 0 Å². The molecule has 1 N–H and O–H groups in total. The van der Waals surface area contributed by atoms with Crippen LogP contribution in [-0.4, -0.2) is 37.0 Å². The van der Waals surface area contributed by atoms with Gasteiger partial charge in [0.15, 0.2) is 0 Å². The van der Waals surface area contributed by atoms with Crippen LogP contribution in [0.4, 0.5) is 0 Å². The zero-order valence-electron chi connectivity index (χ0n) is 9.83. The smallest absolute Gasteiger partial charge is 0.222 e. The Labute approximate surface area is 92.2 Å². The molecule has 0 bridgehead atoms. The van der Waals surface area contributed by atoms with Crippen molar-refractivity contribution in [1.29, 1.82) is 0 Å². The number of nitrogens with one attached hydrogen (secondary N) is 1. The van der Waals surface area contributed by atoms with Crippen molar-refractivity contribution in [2.75, 3.05) is 26.2 Å². The standard InChI is InChI=1S/C12H22N2O/c1-3-9(2)4-12(15)14-7-10-5-13-6-11(10)8-14/h9-11,13H,3-8H2,1-2H3/t9?,10-,11+. The Kier molecular flexibility index (Phi) is 3.29. The van der Waals surface area contributed by atoms with Gasteiger partial charge in [-0.05, 0) is 17.8 Å². The third-order valence-electron chi connectivity index (χ3n) is 3.96. The van der Waals surface area contributed by atoms with Crippen molar-refractivity contribution in [3.05, 3.63) is 0 Å². The van der Waals surface area contributed by atoms with E-state index in [0.29, 0.717) is 11.8 Å². The van der Waals surface area contributed by atoms with E-state index >= 15 is 0 Å². The number of nitrogens with zero attached hydrogens (tertiary/aromatic N) is 1. The van der Waals surface area contributed by atoms with E-state index in [1.807, 2.05) is 0 Å². The van der Waals surface area contributed by atoms with Gasteiger partial charge in [0.1, 0.15) is 0 Å². The summed E-state index contributed by atoms with van der Waals surface area (Å²) in [5.41, 5.74) is 0. The molecule has 0 radical (unpaired) electrons. The summed E-state index contributed by atoms with van der Waals surface area (Å²) in [4.78, 5) is 14.0. The highest BCUT2D eigenvalue weighted by molar-refractivity contribution is 5.76. The van der Waals surface area contributed by atoms with Gasteiger partial charge in [0, 0.05) is 32.6 Å². The molecule has 0 saturated carbocycles. The highest BCUT2D eigenvalue weighted by Crippen LogP contribution is 2.27. The second kappa shape index (κ2) is 4.52. The molecule has 15 heavy (non-hydrogen) atoms. The first-order valence-corrected chi connectivity index (χ1v) is 6.19. The molecule has 2 aliphatic rings. The number of likely N-dealkylation sites (tertiary alicyclic amines) is 1. The molecule has 3 atom stereocenters. The monoisotopic (exact) mass is 210 g/mol. The lowest BCUT2D eigenvalue weighted by molar-refractivity contribution is -0.131. The van der Waals surface area contributed by atoms with E-state index in [4.69, 9.17) is 0 Å². The van der Waals surface area contributed by atoms with Crippen molar-refractivity contribution in [3.63, 3.8) is 0 Å². The van der Waals surface area contributed by atoms with E-state index in [-0.39, 0.29) is 0 Å². The zero-order valence-corrected chi connectivity index (χ0v) is 9.83. The summed E-state index contributed by atoms with van der Waals surface area (Å²) in [6.07, 6.45) is 1.84. The second-order valence-electron chi connectivity index (χ2n) is 5.19. The summed E-state index contributed by atoms with van der Waals surface area (Å²) in [6.45, 7) is 8.52. The number of hydrogen-bond acceptors (Lipinski definition) is 2. The Balaban J connectivity index is 1.83. The molecule has 2 saturated heterocycles. The van der Waals surface area contributed by atoms with E-state index in [1.165, 1.54) is 0 Å². The molecule has 3 heteroatoms. The minimum absolute atomic E-state index is 0.374. The lowest BCUT2D eigenvalue weighted by atomic mass is 10.0. The molecule has 0 aromatic heterocycles. The van der Waals surface area contributed by atoms with Gasteiger partial charge < -0.3 is 10.2 Å². The minimum atomic E-state index is 0.374. The van der Waals surface area contributed by atoms with Crippen molar-refractivity contribution in [3.8, 4) is 0 Å². The molecule has 2 heterocycles. The van der Waals surface area contributed by atoms with Crippen LogP contribution in [0.3, 0.4) is 0 Å². The molecule has 1 amide bonds. The van der Waals surface area contributed by atoms with Crippen LogP contribution in [-0.2, 0) is 4.79 Å². The predicted octanol–water partition coefficient (Wildman–Crippen LogP) is 1.10. The Bertz CT molecular complexity index is 230. The maximum atomic E-state index is 12.0. The first-order valence-electron chi connectivity index (χ1n) is 6.19. The molecular weight excluding hydrogens is 188 g/mol. The zero-order chi connectivity index (χ0) is 10.8. The van der Waals surface area contributed by atoms with Crippen molar-refractivity contribution in [2.45, 2.75) is 26.7 Å². The lowest BCUT2D eigenvalue weighted by Gasteiger charge is -2.19. The Morgan fingerprint density at radius 2 is 2.00 bits per heavy atom. The molecule has 0 spiro atoms. The van der Waals surface area contributed by atoms with Crippen LogP contribution in [0.5, 0.6) is 0 Å². The quantitative estimate of drug-likeness (QED) is 0.756. The number of carbonyl (C=O) groups excluding carboxylic acids is 1. The van der Waals surface area contributed by atoms with E-state index in [1.54, 1.807) is 0 Å². The third kappa shape index (κ3) is 2.33. The fourth-order valence-electron chi connectivity index (χ4n) is 2.63. The third-order valence-corrected chi connectivity index (χ3v) is 3.96. The van der Waals surface area contributed by atoms with E-state index in [2.05, 4.69) is 24.1 Å². The molecule has 0 aromatic rings. The van der Waals surface area contributed by atoms with Gasteiger partial charge in [-0.1, -0.05) is 20.3 Å². The highest BCUT2D eigenvalue weighted by atomic mass is 16.2. The molecular formula is C12H22N2O. The van der Waals surface area contributed by atoms with Gasteiger partial charge in [-0.3, -0.25) is 4.79 Å². The molecule has 1 unspecified atom stereocenters. The summed E-state index contributed by atoms with van der Waals surface area (Å²) in [6, 6.07) is 0. The first kappa shape index (κ1) is 10.9. The number of hydrogen-bond donors (Lipinski definition) is 1. The number of rotatable bonds is 3. The van der Waals surface area contributed by atoms with Gasteiger partial charge in [0.25, 0.3) is 0 Å². The van der Waals surface area contributed by atoms with Crippen LogP contribution in [0.1, 0.15) is 26.7 Å². The molecule has 86 valence electrons. The maximum Gasteiger partial charge on any atom is 0.222 e. The van der Waals surface area contributed by atoms with Crippen LogP contribution in [0.2, 0.25) is 0 Å². The van der Waals surface area contributed by atoms with Gasteiger partial charge >= 0.3 is 0 Å². The molecule has 2 rings (SSSR count). The first-order chi connectivity index (χ1) is 7.20. The van der Waals surface area contributed by atoms with Crippen LogP contribution in [0, 0.1) is 17.8 Å². The van der Waals surface area contributed by atoms with E-state index < -0.39 is 0 Å². The number of carbonyl (C=O) groups is 1. The molecule has 2 aliphatic heterocycles. The van der Waals surface area contributed by atoms with E-state index in [0.717, 1.165) is 50.9 Å². The number of amides is 1. The lowest BCUT2D eigenvalue weighted by Crippen LogP contribution is -2.32. The molecule has 0 aliphatic carbocycles. The number of fused-ring (bicyclic) bond motifs is 1. The van der Waals surface area contributed by atoms with Crippen molar-refractivity contribution in [2.24, 2.45) is 17.8 Å². The highest BCUT2D eigenvalue weighted by Gasteiger charge is 2.37. The topological polar surface area (TPSA) is 32.3 Å². The SMILES string of the molecule is CCC(C)CC(=O)N1C[C@H]2CNC[C@H]2C1. The maximum absolute atomic E-state index is 12.0. The van der Waals surface area contributed by atoms with Crippen LogP contribution in [0.15, 0.2) is 0 Å². The van der Waals surface area contributed by atoms with E-state index in [9.17, 15) is 4.79 Å². The fourth-order valence-corrected chi connectivity index (χ4v) is 2.63. The van der Waals surface area contributed by atoms with Gasteiger partial charge in [-0.2, -0.15) is 0 Å². The van der Waals surface area contributed by atoms with Crippen LogP contribution >= 0.6 is 0 Å². The molecule has 0 aromatic carbocycles. The summed E-state index contributed by atoms with van der Waals surface area (Å²) >= 11 is 0. The van der Waals surface area contributed by atoms with Gasteiger partial charge in [-0.25, -0.2) is 0 Å². The van der Waals surface area contributed by atoms with Crippen molar-refractivity contribution < 1.29 is 4.79 Å². The second-order valence-corrected chi connectivity index (χ2v) is 5.19. The summed E-state index contributed by atoms with van der Waals surface area (Å²) in [7, 11) is 0. The summed E-state index contributed by atoms with van der Waals surface area (Å²) in [5, 5.41) is 3.40. The average Bonchev–Trinajstić information content (AvgIpc) is 2.76. The van der Waals surface area contributed by atoms with Crippen LogP contribution in [0.25, 0.3) is 0 Å². The largest absolute Gasteiger partial charge is 0.342 e. The summed E-state index contributed by atoms with van der Waals surface area (Å²) < 4.78 is 0. The fraction of sp³-hybridized carbons (Fsp3) is 0.917. The Morgan fingerprint density at radius 1 is 1.40 bits per heavy atom. The normalized spacial score (nSPS) is 31.7. The molecule has 2 fully saturated rings. The Morgan fingerprint density at radius 3 is 2.53 bits per heavy atom. The van der Waals surface area contributed by atoms with Crippen molar-refractivity contribution in [1.82, 2.24) is 10.2 Å². The predicted molar refractivity (Wildman–Crippen MR) is 60.5 cm³/mol. The summed E-state index contributed by atoms with van der Waals surface area (Å²) in [5.74, 6) is 2.37. The van der Waals surface area contributed by atoms with Crippen LogP contribution < -0.4 is 5.32 Å². The van der Waals surface area contributed by atoms with Gasteiger partial charge in [0.2, 0.25) is 5.91 Å². The Hall–Kier alpha value is -0.570. The average molecular weight is 210 g/mol. The van der Waals surface area contributed by atoms with Gasteiger partial charge in [0.05, 0.1) is 0 Å². The van der Waals surface area contributed by atoms with Crippen molar-refractivity contribution >= 4 is 5.91 Å².